The summed E-state index contributed by atoms with van der Waals surface area (Å²) in [4.78, 5) is 26.5. The second kappa shape index (κ2) is 6.84. The lowest BCUT2D eigenvalue weighted by molar-refractivity contribution is -0.124. The number of carbonyl (C=O) groups is 2. The number of hydrogen-bond donors (Lipinski definition) is 0. The van der Waals surface area contributed by atoms with Gasteiger partial charge < -0.3 is 4.74 Å². The highest BCUT2D eigenvalue weighted by molar-refractivity contribution is 5.88. The van der Waals surface area contributed by atoms with Crippen LogP contribution in [-0.4, -0.2) is 35.0 Å². The molecule has 1 rings (SSSR count). The maximum absolute atomic E-state index is 12.6. The van der Waals surface area contributed by atoms with Crippen molar-refractivity contribution in [2.24, 2.45) is 5.41 Å². The Morgan fingerprint density at radius 2 is 1.77 bits per heavy atom. The molecule has 0 aromatic heterocycles. The first-order valence-electron chi connectivity index (χ1n) is 8.10. The van der Waals surface area contributed by atoms with E-state index in [0.29, 0.717) is 13.0 Å². The summed E-state index contributed by atoms with van der Waals surface area (Å²) in [5.74, 6) is 0.130. The van der Waals surface area contributed by atoms with Crippen molar-refractivity contribution >= 4 is 11.9 Å². The van der Waals surface area contributed by atoms with Gasteiger partial charge in [-0.15, -0.1) is 0 Å². The topological polar surface area (TPSA) is 46.6 Å². The number of allylic oxidation sites excluding steroid dienone is 2. The van der Waals surface area contributed by atoms with Gasteiger partial charge in [-0.25, -0.2) is 4.79 Å². The third-order valence-corrected chi connectivity index (χ3v) is 3.56. The lowest BCUT2D eigenvalue weighted by Crippen LogP contribution is -2.44. The SMILES string of the molecule is CC(C)=CC(C)(C)CC(=O)[C@@H]1CCCN1C(=O)OC(C)(C)C. The molecular formula is C18H31NO3. The second-order valence-corrected chi connectivity index (χ2v) is 8.19. The maximum Gasteiger partial charge on any atom is 0.410 e. The van der Waals surface area contributed by atoms with Gasteiger partial charge in [0.1, 0.15) is 5.60 Å². The lowest BCUT2D eigenvalue weighted by atomic mass is 9.83. The predicted molar refractivity (Wildman–Crippen MR) is 88.8 cm³/mol. The molecule has 22 heavy (non-hydrogen) atoms. The Morgan fingerprint density at radius 1 is 1.18 bits per heavy atom. The molecule has 0 aromatic carbocycles. The van der Waals surface area contributed by atoms with Crippen molar-refractivity contribution in [1.29, 1.82) is 0 Å². The molecule has 0 saturated carbocycles. The number of Topliss-reactive ketones (excluding diaryl/α,β-unsaturated/α-hetero) is 1. The summed E-state index contributed by atoms with van der Waals surface area (Å²) in [6.45, 7) is 14.3. The summed E-state index contributed by atoms with van der Waals surface area (Å²) in [5, 5.41) is 0. The fourth-order valence-electron chi connectivity index (χ4n) is 3.04. The summed E-state index contributed by atoms with van der Waals surface area (Å²) in [5.41, 5.74) is 0.486. The van der Waals surface area contributed by atoms with E-state index in [1.54, 1.807) is 4.90 Å². The number of likely N-dealkylation sites (tertiary alicyclic amines) is 1. The minimum atomic E-state index is -0.533. The van der Waals surface area contributed by atoms with Crippen LogP contribution in [0.15, 0.2) is 11.6 Å². The Hall–Kier alpha value is -1.32. The summed E-state index contributed by atoms with van der Waals surface area (Å²) < 4.78 is 5.42. The van der Waals surface area contributed by atoms with E-state index in [4.69, 9.17) is 4.74 Å². The highest BCUT2D eigenvalue weighted by Crippen LogP contribution is 2.29. The monoisotopic (exact) mass is 309 g/mol. The molecule has 126 valence electrons. The standard InChI is InChI=1S/C18H31NO3/c1-13(2)11-18(6,7)12-15(20)14-9-8-10-19(14)16(21)22-17(3,4)5/h11,14H,8-10,12H2,1-7H3/t14-/m0/s1. The Balaban J connectivity index is 2.76. The van der Waals surface area contributed by atoms with Gasteiger partial charge in [0.05, 0.1) is 6.04 Å². The van der Waals surface area contributed by atoms with Crippen molar-refractivity contribution in [3.05, 3.63) is 11.6 Å². The van der Waals surface area contributed by atoms with Crippen molar-refractivity contribution < 1.29 is 14.3 Å². The predicted octanol–water partition coefficient (Wildman–Crippen LogP) is 4.34. The summed E-state index contributed by atoms with van der Waals surface area (Å²) in [6.07, 6.45) is 3.80. The third kappa shape index (κ3) is 5.82. The summed E-state index contributed by atoms with van der Waals surface area (Å²) >= 11 is 0. The van der Waals surface area contributed by atoms with Crippen LogP contribution in [0.5, 0.6) is 0 Å². The Bertz CT molecular complexity index is 453. The molecule has 0 aliphatic carbocycles. The van der Waals surface area contributed by atoms with E-state index in [1.165, 1.54) is 5.57 Å². The highest BCUT2D eigenvalue weighted by Gasteiger charge is 2.37. The van der Waals surface area contributed by atoms with Gasteiger partial charge in [0.25, 0.3) is 0 Å². The molecule has 1 saturated heterocycles. The minimum Gasteiger partial charge on any atom is -0.444 e. The van der Waals surface area contributed by atoms with Crippen LogP contribution < -0.4 is 0 Å². The minimum absolute atomic E-state index is 0.130. The van der Waals surface area contributed by atoms with Crippen LogP contribution in [0.3, 0.4) is 0 Å². The molecule has 4 nitrogen and oxygen atoms in total. The second-order valence-electron chi connectivity index (χ2n) is 8.19. The zero-order chi connectivity index (χ0) is 17.1. The lowest BCUT2D eigenvalue weighted by Gasteiger charge is -2.29. The molecule has 1 aliphatic heterocycles. The van der Waals surface area contributed by atoms with Crippen LogP contribution >= 0.6 is 0 Å². The molecule has 1 fully saturated rings. The van der Waals surface area contributed by atoms with E-state index in [-0.39, 0.29) is 23.3 Å². The molecule has 0 spiro atoms. The van der Waals surface area contributed by atoms with Gasteiger partial charge in [-0.05, 0) is 52.9 Å². The van der Waals surface area contributed by atoms with E-state index in [0.717, 1.165) is 12.8 Å². The van der Waals surface area contributed by atoms with E-state index in [1.807, 2.05) is 34.6 Å². The Labute approximate surface area is 134 Å². The quantitative estimate of drug-likeness (QED) is 0.726. The number of ketones is 1. The fraction of sp³-hybridized carbons (Fsp3) is 0.778. The highest BCUT2D eigenvalue weighted by atomic mass is 16.6. The van der Waals surface area contributed by atoms with Gasteiger partial charge in [0.2, 0.25) is 0 Å². The van der Waals surface area contributed by atoms with Gasteiger partial charge in [0, 0.05) is 13.0 Å². The van der Waals surface area contributed by atoms with Crippen LogP contribution in [0, 0.1) is 5.41 Å². The Morgan fingerprint density at radius 3 is 2.27 bits per heavy atom. The van der Waals surface area contributed by atoms with E-state index < -0.39 is 5.60 Å². The molecule has 1 atom stereocenters. The van der Waals surface area contributed by atoms with Gasteiger partial charge in [-0.2, -0.15) is 0 Å². The normalized spacial score (nSPS) is 19.0. The van der Waals surface area contributed by atoms with Crippen LogP contribution in [-0.2, 0) is 9.53 Å². The molecule has 0 bridgehead atoms. The average Bonchev–Trinajstić information content (AvgIpc) is 2.71. The molecule has 1 amide bonds. The van der Waals surface area contributed by atoms with E-state index in [2.05, 4.69) is 19.9 Å². The van der Waals surface area contributed by atoms with Crippen LogP contribution in [0.4, 0.5) is 4.79 Å². The first-order chi connectivity index (χ1) is 9.91. The summed E-state index contributed by atoms with van der Waals surface area (Å²) in [7, 11) is 0. The molecule has 4 heteroatoms. The number of hydrogen-bond acceptors (Lipinski definition) is 3. The van der Waals surface area contributed by atoms with Gasteiger partial charge in [-0.3, -0.25) is 9.69 Å². The molecular weight excluding hydrogens is 278 g/mol. The molecule has 0 unspecified atom stereocenters. The molecule has 0 aromatic rings. The average molecular weight is 309 g/mol. The first kappa shape index (κ1) is 18.7. The molecule has 1 heterocycles. The molecule has 0 N–H and O–H groups in total. The van der Waals surface area contributed by atoms with Crippen molar-refractivity contribution in [1.82, 2.24) is 4.90 Å². The van der Waals surface area contributed by atoms with Crippen molar-refractivity contribution in [2.75, 3.05) is 6.54 Å². The zero-order valence-corrected chi connectivity index (χ0v) is 15.2. The van der Waals surface area contributed by atoms with Gasteiger partial charge >= 0.3 is 6.09 Å². The molecule has 0 radical (unpaired) electrons. The van der Waals surface area contributed by atoms with E-state index >= 15 is 0 Å². The summed E-state index contributed by atoms with van der Waals surface area (Å²) in [6, 6.07) is -0.334. The van der Waals surface area contributed by atoms with Crippen molar-refractivity contribution in [3.8, 4) is 0 Å². The zero-order valence-electron chi connectivity index (χ0n) is 15.2. The largest absolute Gasteiger partial charge is 0.444 e. The van der Waals surface area contributed by atoms with Crippen LogP contribution in [0.2, 0.25) is 0 Å². The van der Waals surface area contributed by atoms with Crippen molar-refractivity contribution in [3.63, 3.8) is 0 Å². The molecule has 1 aliphatic rings. The number of ether oxygens (including phenoxy) is 1. The van der Waals surface area contributed by atoms with Crippen LogP contribution in [0.25, 0.3) is 0 Å². The van der Waals surface area contributed by atoms with Crippen LogP contribution in [0.1, 0.15) is 67.7 Å². The maximum atomic E-state index is 12.6. The fourth-order valence-corrected chi connectivity index (χ4v) is 3.04. The van der Waals surface area contributed by atoms with Crippen molar-refractivity contribution in [2.45, 2.75) is 79.4 Å². The number of rotatable bonds is 4. The van der Waals surface area contributed by atoms with Gasteiger partial charge in [0.15, 0.2) is 5.78 Å². The Kier molecular flexibility index (Phi) is 5.82. The van der Waals surface area contributed by atoms with Gasteiger partial charge in [-0.1, -0.05) is 25.5 Å². The number of nitrogens with zero attached hydrogens (tertiary/aromatic N) is 1. The van der Waals surface area contributed by atoms with E-state index in [9.17, 15) is 9.59 Å². The third-order valence-electron chi connectivity index (χ3n) is 3.56. The number of carbonyl (C=O) groups excluding carboxylic acids is 2. The number of amides is 1. The smallest absolute Gasteiger partial charge is 0.410 e. The first-order valence-corrected chi connectivity index (χ1v) is 8.10.